The van der Waals surface area contributed by atoms with Gasteiger partial charge >= 0.3 is 0 Å². The van der Waals surface area contributed by atoms with Gasteiger partial charge in [-0.1, -0.05) is 42.8 Å². The monoisotopic (exact) mass is 401 g/mol. The fraction of sp³-hybridized carbons (Fsp3) is 0.429. The van der Waals surface area contributed by atoms with E-state index in [1.807, 2.05) is 13.1 Å². The minimum absolute atomic E-state index is 0.307. The molecule has 2 N–H and O–H groups in total. The van der Waals surface area contributed by atoms with E-state index in [0.717, 1.165) is 55.5 Å². The van der Waals surface area contributed by atoms with Crippen molar-refractivity contribution >= 4 is 23.2 Å². The van der Waals surface area contributed by atoms with Gasteiger partial charge in [0.15, 0.2) is 5.82 Å². The number of rotatable bonds is 7. The molecule has 1 aliphatic rings. The van der Waals surface area contributed by atoms with E-state index in [4.69, 9.17) is 17.3 Å². The van der Waals surface area contributed by atoms with Gasteiger partial charge in [0.25, 0.3) is 5.91 Å². The van der Waals surface area contributed by atoms with Gasteiger partial charge in [0.05, 0.1) is 16.4 Å². The van der Waals surface area contributed by atoms with Crippen molar-refractivity contribution in [1.29, 1.82) is 0 Å². The number of aromatic nitrogens is 2. The van der Waals surface area contributed by atoms with Crippen molar-refractivity contribution < 1.29 is 4.79 Å². The van der Waals surface area contributed by atoms with Crippen LogP contribution in [0, 0.1) is 6.92 Å². The van der Waals surface area contributed by atoms with Gasteiger partial charge in [0, 0.05) is 45.5 Å². The van der Waals surface area contributed by atoms with Gasteiger partial charge in [-0.15, -0.1) is 0 Å². The molecule has 1 aromatic carbocycles. The second-order valence-corrected chi connectivity index (χ2v) is 7.46. The van der Waals surface area contributed by atoms with E-state index in [0.29, 0.717) is 12.4 Å². The third-order valence-electron chi connectivity index (χ3n) is 5.10. The Morgan fingerprint density at radius 3 is 2.61 bits per heavy atom. The molecule has 0 aliphatic carbocycles. The summed E-state index contributed by atoms with van der Waals surface area (Å²) in [5.41, 5.74) is 8.51. The van der Waals surface area contributed by atoms with Crippen molar-refractivity contribution in [3.8, 4) is 0 Å². The minimum atomic E-state index is -0.497. The highest BCUT2D eigenvalue weighted by Gasteiger charge is 2.19. The van der Waals surface area contributed by atoms with Gasteiger partial charge in [0.2, 0.25) is 0 Å². The summed E-state index contributed by atoms with van der Waals surface area (Å²) in [6.45, 7) is 9.39. The lowest BCUT2D eigenvalue weighted by Gasteiger charge is -2.36. The van der Waals surface area contributed by atoms with Crippen molar-refractivity contribution in [1.82, 2.24) is 14.5 Å². The zero-order valence-corrected chi connectivity index (χ0v) is 17.3. The number of nitrogens with zero attached hydrogens (tertiary/aromatic N) is 4. The summed E-state index contributed by atoms with van der Waals surface area (Å²) in [7, 11) is 0. The number of carbonyl (C=O) groups is 1. The Hall–Kier alpha value is -2.31. The summed E-state index contributed by atoms with van der Waals surface area (Å²) < 4.78 is 1.79. The number of anilines is 1. The number of hydrogen-bond donors (Lipinski definition) is 1. The van der Waals surface area contributed by atoms with Crippen LogP contribution in [0.25, 0.3) is 0 Å². The van der Waals surface area contributed by atoms with E-state index in [9.17, 15) is 4.79 Å². The van der Waals surface area contributed by atoms with E-state index in [-0.39, 0.29) is 0 Å². The number of primary amides is 1. The average Bonchev–Trinajstić information content (AvgIpc) is 3.07. The molecule has 3 rings (SSSR count). The largest absolute Gasteiger partial charge is 0.368 e. The number of halogens is 1. The minimum Gasteiger partial charge on any atom is -0.368 e. The van der Waals surface area contributed by atoms with E-state index in [1.165, 1.54) is 5.56 Å². The molecule has 1 aliphatic heterocycles. The topological polar surface area (TPSA) is 67.4 Å². The first-order chi connectivity index (χ1) is 13.5. The Balaban J connectivity index is 1.50. The molecule has 0 saturated carbocycles. The third-order valence-corrected chi connectivity index (χ3v) is 5.54. The van der Waals surface area contributed by atoms with Gasteiger partial charge in [-0.25, -0.2) is 4.98 Å². The predicted molar refractivity (Wildman–Crippen MR) is 114 cm³/mol. The van der Waals surface area contributed by atoms with E-state index in [1.54, 1.807) is 4.57 Å². The zero-order chi connectivity index (χ0) is 20.1. The van der Waals surface area contributed by atoms with Crippen LogP contribution in [0.15, 0.2) is 36.5 Å². The zero-order valence-electron chi connectivity index (χ0n) is 16.6. The summed E-state index contributed by atoms with van der Waals surface area (Å²) in [6, 6.07) is 6.30. The van der Waals surface area contributed by atoms with E-state index >= 15 is 0 Å². The van der Waals surface area contributed by atoms with Crippen LogP contribution in [-0.2, 0) is 13.0 Å². The molecule has 0 spiro atoms. The summed E-state index contributed by atoms with van der Waals surface area (Å²) in [5.74, 6) is -0.189. The predicted octanol–water partition coefficient (Wildman–Crippen LogP) is 2.88. The SMILES string of the molecule is CCc1cccc(N2CCN(C/C=C/Cn3cc(C)nc3C(N)=O)CC2)c1Cl. The van der Waals surface area contributed by atoms with Crippen LogP contribution >= 0.6 is 11.6 Å². The first-order valence-electron chi connectivity index (χ1n) is 9.72. The van der Waals surface area contributed by atoms with Crippen molar-refractivity contribution in [2.24, 2.45) is 5.73 Å². The Kier molecular flexibility index (Phi) is 6.75. The summed E-state index contributed by atoms with van der Waals surface area (Å²) >= 11 is 6.57. The van der Waals surface area contributed by atoms with Crippen LogP contribution in [0.1, 0.15) is 28.8 Å². The average molecular weight is 402 g/mol. The first-order valence-corrected chi connectivity index (χ1v) is 10.1. The summed E-state index contributed by atoms with van der Waals surface area (Å²) in [4.78, 5) is 20.4. The van der Waals surface area contributed by atoms with Crippen molar-refractivity contribution in [3.05, 3.63) is 58.7 Å². The van der Waals surface area contributed by atoms with Gasteiger partial charge in [-0.3, -0.25) is 9.69 Å². The Labute approximate surface area is 171 Å². The van der Waals surface area contributed by atoms with Gasteiger partial charge in [-0.05, 0) is 25.0 Å². The maximum atomic E-state index is 11.4. The number of amides is 1. The number of piperazine rings is 1. The Morgan fingerprint density at radius 2 is 1.93 bits per heavy atom. The second-order valence-electron chi connectivity index (χ2n) is 7.09. The van der Waals surface area contributed by atoms with Crippen LogP contribution in [0.4, 0.5) is 5.69 Å². The lowest BCUT2D eigenvalue weighted by atomic mass is 10.1. The lowest BCUT2D eigenvalue weighted by molar-refractivity contribution is 0.0987. The Bertz CT molecular complexity index is 852. The number of imidazole rings is 1. The normalized spacial score (nSPS) is 15.5. The molecule has 1 aromatic heterocycles. The smallest absolute Gasteiger partial charge is 0.284 e. The highest BCUT2D eigenvalue weighted by atomic mass is 35.5. The molecule has 7 heteroatoms. The molecule has 0 atom stereocenters. The summed E-state index contributed by atoms with van der Waals surface area (Å²) in [6.07, 6.45) is 6.99. The maximum absolute atomic E-state index is 11.4. The molecule has 1 saturated heterocycles. The quantitative estimate of drug-likeness (QED) is 0.724. The number of aryl methyl sites for hydroxylation is 2. The highest BCUT2D eigenvalue weighted by molar-refractivity contribution is 6.34. The third kappa shape index (κ3) is 4.75. The standard InChI is InChI=1S/C21H28ClN5O/c1-3-17-7-6-8-18(19(17)22)26-13-11-25(12-14-26)9-4-5-10-27-15-16(2)24-21(27)20(23)28/h4-8,15H,3,9-14H2,1-2H3,(H2,23,28)/b5-4+. The Morgan fingerprint density at radius 1 is 1.21 bits per heavy atom. The van der Waals surface area contributed by atoms with Crippen LogP contribution in [0.2, 0.25) is 5.02 Å². The van der Waals surface area contributed by atoms with Crippen molar-refractivity contribution in [2.45, 2.75) is 26.8 Å². The number of benzene rings is 1. The van der Waals surface area contributed by atoms with Crippen molar-refractivity contribution in [2.75, 3.05) is 37.6 Å². The molecule has 0 unspecified atom stereocenters. The summed E-state index contributed by atoms with van der Waals surface area (Å²) in [5, 5.41) is 0.888. The first kappa shape index (κ1) is 20.4. The number of nitrogens with two attached hydrogens (primary N) is 1. The van der Waals surface area contributed by atoms with Crippen LogP contribution < -0.4 is 10.6 Å². The molecule has 6 nitrogen and oxygen atoms in total. The van der Waals surface area contributed by atoms with Gasteiger partial charge < -0.3 is 15.2 Å². The molecule has 150 valence electrons. The molecule has 0 bridgehead atoms. The highest BCUT2D eigenvalue weighted by Crippen LogP contribution is 2.30. The van der Waals surface area contributed by atoms with Gasteiger partial charge in [0.1, 0.15) is 0 Å². The molecule has 1 amide bonds. The fourth-order valence-electron chi connectivity index (χ4n) is 3.55. The molecule has 0 radical (unpaired) electrons. The van der Waals surface area contributed by atoms with Gasteiger partial charge in [-0.2, -0.15) is 0 Å². The number of carbonyl (C=O) groups excluding carboxylic acids is 1. The molecular formula is C21H28ClN5O. The molecule has 2 heterocycles. The molecule has 1 fully saturated rings. The van der Waals surface area contributed by atoms with Crippen LogP contribution in [0.3, 0.4) is 0 Å². The van der Waals surface area contributed by atoms with Crippen LogP contribution in [0.5, 0.6) is 0 Å². The molecular weight excluding hydrogens is 374 g/mol. The van der Waals surface area contributed by atoms with E-state index in [2.05, 4.69) is 52.1 Å². The maximum Gasteiger partial charge on any atom is 0.284 e. The van der Waals surface area contributed by atoms with Crippen molar-refractivity contribution in [3.63, 3.8) is 0 Å². The fourth-order valence-corrected chi connectivity index (χ4v) is 3.93. The second kappa shape index (κ2) is 9.26. The molecule has 28 heavy (non-hydrogen) atoms. The van der Waals surface area contributed by atoms with E-state index < -0.39 is 5.91 Å². The number of hydrogen-bond acceptors (Lipinski definition) is 4. The van der Waals surface area contributed by atoms with Crippen LogP contribution in [-0.4, -0.2) is 53.1 Å². The lowest BCUT2D eigenvalue weighted by Crippen LogP contribution is -2.46. The number of allylic oxidation sites excluding steroid dienone is 1. The molecule has 2 aromatic rings.